The van der Waals surface area contributed by atoms with E-state index in [1.165, 1.54) is 23.5 Å². The molecule has 1 aliphatic rings. The summed E-state index contributed by atoms with van der Waals surface area (Å²) in [6.45, 7) is 2.56. The molecule has 132 valence electrons. The molecule has 1 aliphatic heterocycles. The number of halogens is 1. The zero-order valence-electron chi connectivity index (χ0n) is 14.2. The topological polar surface area (TPSA) is 33.2 Å². The van der Waals surface area contributed by atoms with Crippen LogP contribution in [0, 0.1) is 12.7 Å². The number of carbonyl (C=O) groups excluding carboxylic acids is 1. The SMILES string of the molecule is Cc1nc(-c2ccc(F)cc2)sc1C(=O)N1CCCSc2ccccc21. The van der Waals surface area contributed by atoms with Crippen LogP contribution in [0.25, 0.3) is 10.6 Å². The highest BCUT2D eigenvalue weighted by molar-refractivity contribution is 7.99. The Kier molecular flexibility index (Phi) is 4.78. The minimum atomic E-state index is -0.281. The molecule has 1 aromatic heterocycles. The van der Waals surface area contributed by atoms with Crippen LogP contribution in [-0.2, 0) is 0 Å². The molecule has 6 heteroatoms. The fourth-order valence-corrected chi connectivity index (χ4v) is 4.99. The molecular weight excluding hydrogens is 367 g/mol. The second kappa shape index (κ2) is 7.21. The van der Waals surface area contributed by atoms with Gasteiger partial charge in [-0.3, -0.25) is 4.79 Å². The van der Waals surface area contributed by atoms with Gasteiger partial charge in [0.25, 0.3) is 5.91 Å². The minimum absolute atomic E-state index is 0.0108. The predicted molar refractivity (Wildman–Crippen MR) is 106 cm³/mol. The molecule has 0 N–H and O–H groups in total. The Hall–Kier alpha value is -2.18. The largest absolute Gasteiger partial charge is 0.306 e. The highest BCUT2D eigenvalue weighted by Gasteiger charge is 2.26. The van der Waals surface area contributed by atoms with Crippen molar-refractivity contribution in [2.24, 2.45) is 0 Å². The summed E-state index contributed by atoms with van der Waals surface area (Å²) in [5, 5.41) is 0.739. The number of amides is 1. The molecule has 0 radical (unpaired) electrons. The monoisotopic (exact) mass is 384 g/mol. The number of para-hydroxylation sites is 1. The van der Waals surface area contributed by atoms with E-state index in [0.717, 1.165) is 33.3 Å². The maximum Gasteiger partial charge on any atom is 0.270 e. The molecule has 0 atom stereocenters. The lowest BCUT2D eigenvalue weighted by molar-refractivity contribution is 0.0990. The molecule has 0 saturated carbocycles. The molecule has 2 heterocycles. The summed E-state index contributed by atoms with van der Waals surface area (Å²) in [5.74, 6) is 0.712. The molecular formula is C20H17FN2OS2. The molecule has 2 aromatic carbocycles. The number of rotatable bonds is 2. The zero-order valence-corrected chi connectivity index (χ0v) is 15.9. The Bertz CT molecular complexity index is 953. The van der Waals surface area contributed by atoms with Crippen LogP contribution in [0.3, 0.4) is 0 Å². The average Bonchev–Trinajstić information content (AvgIpc) is 2.91. The first-order valence-electron chi connectivity index (χ1n) is 8.40. The Balaban J connectivity index is 1.70. The fourth-order valence-electron chi connectivity index (χ4n) is 2.97. The molecule has 4 rings (SSSR count). The van der Waals surface area contributed by atoms with E-state index >= 15 is 0 Å². The molecule has 0 aliphatic carbocycles. The smallest absolute Gasteiger partial charge is 0.270 e. The lowest BCUT2D eigenvalue weighted by Crippen LogP contribution is -2.31. The number of benzene rings is 2. The van der Waals surface area contributed by atoms with Gasteiger partial charge in [0.15, 0.2) is 0 Å². The highest BCUT2D eigenvalue weighted by atomic mass is 32.2. The molecule has 26 heavy (non-hydrogen) atoms. The lowest BCUT2D eigenvalue weighted by atomic mass is 10.2. The predicted octanol–water partition coefficient (Wildman–Crippen LogP) is 5.40. The van der Waals surface area contributed by atoms with Crippen LogP contribution in [0.4, 0.5) is 10.1 Å². The van der Waals surface area contributed by atoms with Crippen molar-refractivity contribution in [3.8, 4) is 10.6 Å². The summed E-state index contributed by atoms with van der Waals surface area (Å²) in [6.07, 6.45) is 0.952. The zero-order chi connectivity index (χ0) is 18.1. The van der Waals surface area contributed by atoms with Crippen LogP contribution in [0.2, 0.25) is 0 Å². The molecule has 0 saturated heterocycles. The number of anilines is 1. The second-order valence-electron chi connectivity index (χ2n) is 6.07. The van der Waals surface area contributed by atoms with Crippen molar-refractivity contribution in [2.75, 3.05) is 17.2 Å². The maximum atomic E-state index is 13.3. The third-order valence-corrected chi connectivity index (χ3v) is 6.61. The number of aryl methyl sites for hydroxylation is 1. The Morgan fingerprint density at radius 2 is 1.92 bits per heavy atom. The summed E-state index contributed by atoms with van der Waals surface area (Å²) in [6, 6.07) is 14.3. The first kappa shape index (κ1) is 17.2. The molecule has 0 fully saturated rings. The third kappa shape index (κ3) is 3.27. The minimum Gasteiger partial charge on any atom is -0.306 e. The number of aromatic nitrogens is 1. The number of thioether (sulfide) groups is 1. The number of fused-ring (bicyclic) bond motifs is 1. The first-order valence-corrected chi connectivity index (χ1v) is 10.2. The Labute approximate surface area is 159 Å². The van der Waals surface area contributed by atoms with Gasteiger partial charge in [-0.15, -0.1) is 23.1 Å². The van der Waals surface area contributed by atoms with Gasteiger partial charge < -0.3 is 4.90 Å². The second-order valence-corrected chi connectivity index (χ2v) is 8.20. The molecule has 1 amide bonds. The van der Waals surface area contributed by atoms with E-state index in [1.807, 2.05) is 30.0 Å². The summed E-state index contributed by atoms with van der Waals surface area (Å²) in [7, 11) is 0. The van der Waals surface area contributed by atoms with Crippen LogP contribution in [0.5, 0.6) is 0 Å². The van der Waals surface area contributed by atoms with Gasteiger partial charge in [0, 0.05) is 17.0 Å². The van der Waals surface area contributed by atoms with Crippen molar-refractivity contribution in [3.63, 3.8) is 0 Å². The van der Waals surface area contributed by atoms with Gasteiger partial charge in [0.2, 0.25) is 0 Å². The lowest BCUT2D eigenvalue weighted by Gasteiger charge is -2.22. The number of nitrogens with zero attached hydrogens (tertiary/aromatic N) is 2. The normalized spacial score (nSPS) is 14.0. The standard InChI is InChI=1S/C20H17FN2OS2/c1-13-18(26-19(22-13)14-7-9-15(21)10-8-14)20(24)23-11-4-12-25-17-6-3-2-5-16(17)23/h2-3,5-10H,4,11-12H2,1H3. The van der Waals surface area contributed by atoms with E-state index in [1.54, 1.807) is 23.9 Å². The summed E-state index contributed by atoms with van der Waals surface area (Å²) in [4.78, 5) is 21.5. The van der Waals surface area contributed by atoms with Crippen molar-refractivity contribution < 1.29 is 9.18 Å². The molecule has 3 nitrogen and oxygen atoms in total. The number of carbonyl (C=O) groups is 1. The average molecular weight is 385 g/mol. The van der Waals surface area contributed by atoms with Crippen molar-refractivity contribution in [2.45, 2.75) is 18.2 Å². The molecule has 0 spiro atoms. The van der Waals surface area contributed by atoms with E-state index in [9.17, 15) is 9.18 Å². The van der Waals surface area contributed by atoms with Gasteiger partial charge in [0.1, 0.15) is 15.7 Å². The third-order valence-electron chi connectivity index (χ3n) is 4.27. The quantitative estimate of drug-likeness (QED) is 0.593. The van der Waals surface area contributed by atoms with Crippen LogP contribution in [0.1, 0.15) is 21.8 Å². The van der Waals surface area contributed by atoms with E-state index in [4.69, 9.17) is 0 Å². The van der Waals surface area contributed by atoms with Gasteiger partial charge >= 0.3 is 0 Å². The van der Waals surface area contributed by atoms with Gasteiger partial charge in [-0.1, -0.05) is 12.1 Å². The Morgan fingerprint density at radius 3 is 2.73 bits per heavy atom. The molecule has 0 bridgehead atoms. The highest BCUT2D eigenvalue weighted by Crippen LogP contribution is 2.36. The maximum absolute atomic E-state index is 13.3. The van der Waals surface area contributed by atoms with Crippen LogP contribution >= 0.6 is 23.1 Å². The van der Waals surface area contributed by atoms with Gasteiger partial charge in [0.05, 0.1) is 11.4 Å². The van der Waals surface area contributed by atoms with Crippen molar-refractivity contribution in [1.82, 2.24) is 4.98 Å². The van der Waals surface area contributed by atoms with Crippen molar-refractivity contribution in [1.29, 1.82) is 0 Å². The number of hydrogen-bond donors (Lipinski definition) is 0. The van der Waals surface area contributed by atoms with Crippen molar-refractivity contribution >= 4 is 34.7 Å². The molecule has 0 unspecified atom stereocenters. The first-order chi connectivity index (χ1) is 12.6. The van der Waals surface area contributed by atoms with Crippen LogP contribution < -0.4 is 4.90 Å². The van der Waals surface area contributed by atoms with Crippen LogP contribution in [0.15, 0.2) is 53.4 Å². The Morgan fingerprint density at radius 1 is 1.15 bits per heavy atom. The van der Waals surface area contributed by atoms with Gasteiger partial charge in [-0.2, -0.15) is 0 Å². The van der Waals surface area contributed by atoms with E-state index in [2.05, 4.69) is 11.1 Å². The van der Waals surface area contributed by atoms with Gasteiger partial charge in [-0.25, -0.2) is 9.37 Å². The number of thiazole rings is 1. The van der Waals surface area contributed by atoms with E-state index in [0.29, 0.717) is 17.1 Å². The fraction of sp³-hybridized carbons (Fsp3) is 0.200. The van der Waals surface area contributed by atoms with Crippen LogP contribution in [-0.4, -0.2) is 23.2 Å². The summed E-state index contributed by atoms with van der Waals surface area (Å²) < 4.78 is 13.2. The van der Waals surface area contributed by atoms with E-state index in [-0.39, 0.29) is 11.7 Å². The van der Waals surface area contributed by atoms with Crippen molar-refractivity contribution in [3.05, 3.63) is 64.9 Å². The number of hydrogen-bond acceptors (Lipinski definition) is 4. The summed E-state index contributed by atoms with van der Waals surface area (Å²) >= 11 is 3.16. The summed E-state index contributed by atoms with van der Waals surface area (Å²) in [5.41, 5.74) is 2.51. The van der Waals surface area contributed by atoms with Gasteiger partial charge in [-0.05, 0) is 55.5 Å². The molecule has 3 aromatic rings. The van der Waals surface area contributed by atoms with E-state index < -0.39 is 0 Å².